The molecule has 0 N–H and O–H groups in total. The van der Waals surface area contributed by atoms with E-state index in [2.05, 4.69) is 0 Å². The summed E-state index contributed by atoms with van der Waals surface area (Å²) in [5.41, 5.74) is 0.775. The summed E-state index contributed by atoms with van der Waals surface area (Å²) in [5.74, 6) is -2.71. The van der Waals surface area contributed by atoms with E-state index in [4.69, 9.17) is 0 Å². The summed E-state index contributed by atoms with van der Waals surface area (Å²) in [5, 5.41) is 10.0. The SMILES string of the molecule is O=C([O-])C(=O)/C=C/c1ccccc1.[K+]. The van der Waals surface area contributed by atoms with E-state index in [0.717, 1.165) is 11.6 Å². The molecule has 66 valence electrons. The molecule has 0 radical (unpaired) electrons. The molecule has 0 heterocycles. The first-order valence-corrected chi connectivity index (χ1v) is 3.68. The maximum absolute atomic E-state index is 10.6. The predicted molar refractivity (Wildman–Crippen MR) is 45.5 cm³/mol. The van der Waals surface area contributed by atoms with Crippen LogP contribution in [0.5, 0.6) is 0 Å². The zero-order valence-electron chi connectivity index (χ0n) is 7.77. The summed E-state index contributed by atoms with van der Waals surface area (Å²) >= 11 is 0. The Morgan fingerprint density at radius 1 is 1.14 bits per heavy atom. The van der Waals surface area contributed by atoms with Crippen LogP contribution in [0.1, 0.15) is 5.56 Å². The molecule has 1 aromatic carbocycles. The van der Waals surface area contributed by atoms with Gasteiger partial charge in [-0.3, -0.25) is 4.79 Å². The number of carboxylic acid groups (broad SMARTS) is 1. The fraction of sp³-hybridized carbons (Fsp3) is 0. The second-order valence-corrected chi connectivity index (χ2v) is 2.40. The number of rotatable bonds is 3. The Kier molecular flexibility index (Phi) is 6.95. The van der Waals surface area contributed by atoms with E-state index in [-0.39, 0.29) is 51.4 Å². The van der Waals surface area contributed by atoms with Crippen molar-refractivity contribution in [2.45, 2.75) is 0 Å². The third kappa shape index (κ3) is 4.83. The molecule has 0 unspecified atom stereocenters. The third-order valence-corrected chi connectivity index (χ3v) is 1.43. The van der Waals surface area contributed by atoms with Crippen LogP contribution in [0.25, 0.3) is 6.08 Å². The summed E-state index contributed by atoms with van der Waals surface area (Å²) < 4.78 is 0. The molecule has 3 nitrogen and oxygen atoms in total. The number of hydrogen-bond donors (Lipinski definition) is 0. The molecule has 4 heteroatoms. The van der Waals surface area contributed by atoms with Crippen LogP contribution in [0.15, 0.2) is 36.4 Å². The van der Waals surface area contributed by atoms with E-state index in [1.54, 1.807) is 24.3 Å². The van der Waals surface area contributed by atoms with Gasteiger partial charge in [0, 0.05) is 0 Å². The molecular formula is C10H7KO3. The van der Waals surface area contributed by atoms with Crippen LogP contribution in [0.4, 0.5) is 0 Å². The van der Waals surface area contributed by atoms with Gasteiger partial charge >= 0.3 is 51.4 Å². The largest absolute Gasteiger partial charge is 1.00 e. The fourth-order valence-corrected chi connectivity index (χ4v) is 0.804. The molecule has 0 bridgehead atoms. The normalized spacial score (nSPS) is 9.43. The van der Waals surface area contributed by atoms with Gasteiger partial charge in [0.1, 0.15) is 5.97 Å². The van der Waals surface area contributed by atoms with Gasteiger partial charge in [-0.25, -0.2) is 0 Å². The number of hydrogen-bond acceptors (Lipinski definition) is 3. The van der Waals surface area contributed by atoms with Crippen molar-refractivity contribution < 1.29 is 66.1 Å². The van der Waals surface area contributed by atoms with E-state index in [1.165, 1.54) is 6.08 Å². The summed E-state index contributed by atoms with van der Waals surface area (Å²) in [6.07, 6.45) is 2.41. The maximum Gasteiger partial charge on any atom is 1.00 e. The fourth-order valence-electron chi connectivity index (χ4n) is 0.804. The van der Waals surface area contributed by atoms with Gasteiger partial charge in [-0.05, 0) is 11.6 Å². The van der Waals surface area contributed by atoms with Crippen molar-refractivity contribution in [3.8, 4) is 0 Å². The van der Waals surface area contributed by atoms with Gasteiger partial charge < -0.3 is 9.90 Å². The van der Waals surface area contributed by atoms with E-state index in [0.29, 0.717) is 0 Å². The van der Waals surface area contributed by atoms with Gasteiger partial charge in [-0.2, -0.15) is 0 Å². The minimum Gasteiger partial charge on any atom is -0.541 e. The number of benzene rings is 1. The van der Waals surface area contributed by atoms with Gasteiger partial charge in [-0.1, -0.05) is 36.4 Å². The van der Waals surface area contributed by atoms with Crippen molar-refractivity contribution in [2.24, 2.45) is 0 Å². The van der Waals surface area contributed by atoms with Crippen molar-refractivity contribution in [1.29, 1.82) is 0 Å². The quantitative estimate of drug-likeness (QED) is 0.306. The van der Waals surface area contributed by atoms with E-state index < -0.39 is 11.8 Å². The monoisotopic (exact) mass is 214 g/mol. The van der Waals surface area contributed by atoms with Crippen LogP contribution in [0.2, 0.25) is 0 Å². The Hall–Kier alpha value is -0.264. The Morgan fingerprint density at radius 3 is 2.21 bits per heavy atom. The Balaban J connectivity index is 0.00000169. The van der Waals surface area contributed by atoms with Crippen LogP contribution >= 0.6 is 0 Å². The van der Waals surface area contributed by atoms with Crippen molar-refractivity contribution in [3.05, 3.63) is 42.0 Å². The summed E-state index contributed by atoms with van der Waals surface area (Å²) in [4.78, 5) is 20.6. The van der Waals surface area contributed by atoms with Crippen molar-refractivity contribution in [3.63, 3.8) is 0 Å². The molecule has 1 rings (SSSR count). The van der Waals surface area contributed by atoms with Crippen molar-refractivity contribution in [2.75, 3.05) is 0 Å². The minimum absolute atomic E-state index is 0. The molecular weight excluding hydrogens is 207 g/mol. The molecule has 0 atom stereocenters. The summed E-state index contributed by atoms with van der Waals surface area (Å²) in [6.45, 7) is 0. The second-order valence-electron chi connectivity index (χ2n) is 2.40. The van der Waals surface area contributed by atoms with Gasteiger partial charge in [0.25, 0.3) is 0 Å². The van der Waals surface area contributed by atoms with Crippen molar-refractivity contribution in [1.82, 2.24) is 0 Å². The number of carbonyl (C=O) groups excluding carboxylic acids is 2. The molecule has 14 heavy (non-hydrogen) atoms. The van der Waals surface area contributed by atoms with Gasteiger partial charge in [0.2, 0.25) is 5.78 Å². The molecule has 0 aliphatic carbocycles. The molecule has 0 fully saturated rings. The van der Waals surface area contributed by atoms with E-state index in [1.807, 2.05) is 6.07 Å². The number of carboxylic acids is 1. The second kappa shape index (κ2) is 7.08. The van der Waals surface area contributed by atoms with E-state index in [9.17, 15) is 14.7 Å². The molecule has 0 aromatic heterocycles. The smallest absolute Gasteiger partial charge is 0.541 e. The number of aliphatic carboxylic acids is 1. The van der Waals surface area contributed by atoms with Crippen LogP contribution in [0.3, 0.4) is 0 Å². The summed E-state index contributed by atoms with van der Waals surface area (Å²) in [6, 6.07) is 8.95. The maximum atomic E-state index is 10.6. The predicted octanol–water partition coefficient (Wildman–Crippen LogP) is -2.98. The molecule has 1 aromatic rings. The summed E-state index contributed by atoms with van der Waals surface area (Å²) in [7, 11) is 0. The molecule has 0 saturated carbocycles. The molecule has 0 aliphatic heterocycles. The van der Waals surface area contributed by atoms with Gasteiger partial charge in [0.15, 0.2) is 0 Å². The Morgan fingerprint density at radius 2 is 1.71 bits per heavy atom. The first-order chi connectivity index (χ1) is 6.20. The van der Waals surface area contributed by atoms with Crippen LogP contribution in [0, 0.1) is 0 Å². The average molecular weight is 214 g/mol. The Labute approximate surface area is 124 Å². The van der Waals surface area contributed by atoms with Gasteiger partial charge in [-0.15, -0.1) is 0 Å². The zero-order chi connectivity index (χ0) is 9.68. The molecule has 0 aliphatic rings. The molecule has 0 saturated heterocycles. The average Bonchev–Trinajstić information content (AvgIpc) is 2.15. The third-order valence-electron chi connectivity index (χ3n) is 1.43. The number of carbonyl (C=O) groups is 2. The zero-order valence-corrected chi connectivity index (χ0v) is 10.9. The van der Waals surface area contributed by atoms with Crippen molar-refractivity contribution >= 4 is 17.8 Å². The molecule has 0 amide bonds. The van der Waals surface area contributed by atoms with Gasteiger partial charge in [0.05, 0.1) is 0 Å². The minimum atomic E-state index is -1.69. The Bertz CT molecular complexity index is 344. The van der Waals surface area contributed by atoms with Crippen LogP contribution in [-0.2, 0) is 9.59 Å². The first-order valence-electron chi connectivity index (χ1n) is 3.68. The topological polar surface area (TPSA) is 57.2 Å². The van der Waals surface area contributed by atoms with Crippen LogP contribution < -0.4 is 56.5 Å². The molecule has 0 spiro atoms. The van der Waals surface area contributed by atoms with Crippen LogP contribution in [-0.4, -0.2) is 11.8 Å². The number of ketones is 1. The standard InChI is InChI=1S/C10H8O3.K/c11-9(10(12)13)7-6-8-4-2-1-3-5-8;/h1-7H,(H,12,13);/q;+1/p-1/b7-6+;. The van der Waals surface area contributed by atoms with E-state index >= 15 is 0 Å². The first kappa shape index (κ1) is 13.7.